The molecule has 0 N–H and O–H groups in total. The molecule has 108 valence electrons. The first-order valence-corrected chi connectivity index (χ1v) is 7.12. The molecule has 0 amide bonds. The first-order chi connectivity index (χ1) is 10.2. The van der Waals surface area contributed by atoms with Gasteiger partial charge in [0.25, 0.3) is 0 Å². The fourth-order valence-electron chi connectivity index (χ4n) is 2.93. The van der Waals surface area contributed by atoms with E-state index in [0.29, 0.717) is 22.6 Å². The maximum atomic E-state index is 12.8. The van der Waals surface area contributed by atoms with Crippen molar-refractivity contribution in [2.24, 2.45) is 0 Å². The van der Waals surface area contributed by atoms with Gasteiger partial charge in [-0.2, -0.15) is 0 Å². The maximum Gasteiger partial charge on any atom is 0.200 e. The molecule has 2 aromatic rings. The molecule has 21 heavy (non-hydrogen) atoms. The van der Waals surface area contributed by atoms with Gasteiger partial charge in [-0.1, -0.05) is 18.2 Å². The minimum atomic E-state index is -0.0565. The van der Waals surface area contributed by atoms with E-state index >= 15 is 0 Å². The lowest BCUT2D eigenvalue weighted by molar-refractivity contribution is 0.103. The number of methoxy groups -OCH3 is 2. The van der Waals surface area contributed by atoms with Gasteiger partial charge in [0, 0.05) is 5.56 Å². The van der Waals surface area contributed by atoms with Gasteiger partial charge in [-0.3, -0.25) is 4.79 Å². The Morgan fingerprint density at radius 1 is 0.952 bits per heavy atom. The van der Waals surface area contributed by atoms with Crippen LogP contribution >= 0.6 is 0 Å². The van der Waals surface area contributed by atoms with Crippen molar-refractivity contribution in [1.82, 2.24) is 0 Å². The number of carbonyl (C=O) groups is 1. The Morgan fingerprint density at radius 2 is 1.62 bits per heavy atom. The molecule has 1 aliphatic rings. The van der Waals surface area contributed by atoms with Crippen molar-refractivity contribution in [3.8, 4) is 11.5 Å². The van der Waals surface area contributed by atoms with Crippen LogP contribution < -0.4 is 9.47 Å². The fraction of sp³-hybridized carbons (Fsp3) is 0.278. The summed E-state index contributed by atoms with van der Waals surface area (Å²) in [6, 6.07) is 11.4. The number of ketones is 1. The lowest BCUT2D eigenvalue weighted by atomic mass is 9.98. The van der Waals surface area contributed by atoms with E-state index in [4.69, 9.17) is 9.47 Å². The van der Waals surface area contributed by atoms with E-state index in [0.717, 1.165) is 12.8 Å². The summed E-state index contributed by atoms with van der Waals surface area (Å²) in [7, 11) is 3.13. The molecule has 3 rings (SSSR count). The summed E-state index contributed by atoms with van der Waals surface area (Å²) >= 11 is 0. The zero-order valence-electron chi connectivity index (χ0n) is 12.3. The van der Waals surface area contributed by atoms with Crippen molar-refractivity contribution >= 4 is 5.78 Å². The van der Waals surface area contributed by atoms with E-state index < -0.39 is 0 Å². The predicted molar refractivity (Wildman–Crippen MR) is 81.4 cm³/mol. The van der Waals surface area contributed by atoms with Gasteiger partial charge in [0.1, 0.15) is 17.1 Å². The quantitative estimate of drug-likeness (QED) is 0.806. The molecule has 0 radical (unpaired) electrons. The van der Waals surface area contributed by atoms with Gasteiger partial charge >= 0.3 is 0 Å². The molecule has 0 atom stereocenters. The van der Waals surface area contributed by atoms with Crippen LogP contribution in [0.5, 0.6) is 11.5 Å². The Kier molecular flexibility index (Phi) is 3.65. The average Bonchev–Trinajstić information content (AvgIpc) is 3.00. The number of benzene rings is 2. The van der Waals surface area contributed by atoms with Crippen LogP contribution in [0.3, 0.4) is 0 Å². The Bertz CT molecular complexity index is 667. The number of aryl methyl sites for hydroxylation is 2. The van der Waals surface area contributed by atoms with E-state index in [1.54, 1.807) is 26.4 Å². The second-order valence-corrected chi connectivity index (χ2v) is 5.20. The molecule has 0 spiro atoms. The van der Waals surface area contributed by atoms with Crippen LogP contribution in [0.2, 0.25) is 0 Å². The lowest BCUT2D eigenvalue weighted by Gasteiger charge is -2.12. The van der Waals surface area contributed by atoms with Crippen LogP contribution in [-0.4, -0.2) is 20.0 Å². The number of rotatable bonds is 4. The minimum absolute atomic E-state index is 0.0565. The van der Waals surface area contributed by atoms with Gasteiger partial charge in [0.2, 0.25) is 5.78 Å². The number of fused-ring (bicyclic) bond motifs is 1. The van der Waals surface area contributed by atoms with Crippen molar-refractivity contribution in [3.05, 3.63) is 58.7 Å². The van der Waals surface area contributed by atoms with Gasteiger partial charge in [-0.15, -0.1) is 0 Å². The standard InChI is InChI=1S/C18H18O3/c1-20-15-7-4-8-16(21-2)17(15)18(19)14-10-9-12-5-3-6-13(12)11-14/h4,7-11H,3,5-6H2,1-2H3. The van der Waals surface area contributed by atoms with Gasteiger partial charge < -0.3 is 9.47 Å². The van der Waals surface area contributed by atoms with Crippen molar-refractivity contribution in [2.75, 3.05) is 14.2 Å². The molecule has 0 saturated carbocycles. The summed E-state index contributed by atoms with van der Waals surface area (Å²) in [6.45, 7) is 0. The molecule has 3 nitrogen and oxygen atoms in total. The normalized spacial score (nSPS) is 12.9. The molecule has 0 aliphatic heterocycles. The molecular formula is C18H18O3. The van der Waals surface area contributed by atoms with Gasteiger partial charge in [0.05, 0.1) is 14.2 Å². The van der Waals surface area contributed by atoms with Crippen molar-refractivity contribution in [2.45, 2.75) is 19.3 Å². The van der Waals surface area contributed by atoms with Crippen LogP contribution in [0.4, 0.5) is 0 Å². The van der Waals surface area contributed by atoms with Gasteiger partial charge in [-0.05, 0) is 48.6 Å². The zero-order valence-corrected chi connectivity index (χ0v) is 12.3. The Labute approximate surface area is 124 Å². The highest BCUT2D eigenvalue weighted by Gasteiger charge is 2.21. The maximum absolute atomic E-state index is 12.8. The zero-order chi connectivity index (χ0) is 14.8. The monoisotopic (exact) mass is 282 g/mol. The van der Waals surface area contributed by atoms with Crippen LogP contribution in [0.1, 0.15) is 33.5 Å². The predicted octanol–water partition coefficient (Wildman–Crippen LogP) is 3.42. The first-order valence-electron chi connectivity index (χ1n) is 7.12. The van der Waals surface area contributed by atoms with Gasteiger partial charge in [0.15, 0.2) is 0 Å². The molecular weight excluding hydrogens is 264 g/mol. The Balaban J connectivity index is 2.06. The highest BCUT2D eigenvalue weighted by molar-refractivity contribution is 6.12. The van der Waals surface area contributed by atoms with Crippen LogP contribution in [-0.2, 0) is 12.8 Å². The summed E-state index contributed by atoms with van der Waals surface area (Å²) < 4.78 is 10.6. The summed E-state index contributed by atoms with van der Waals surface area (Å²) in [6.07, 6.45) is 3.34. The molecule has 2 aromatic carbocycles. The van der Waals surface area contributed by atoms with Crippen molar-refractivity contribution in [3.63, 3.8) is 0 Å². The third-order valence-corrected chi connectivity index (χ3v) is 4.02. The van der Waals surface area contributed by atoms with Gasteiger partial charge in [-0.25, -0.2) is 0 Å². The summed E-state index contributed by atoms with van der Waals surface area (Å²) in [4.78, 5) is 12.8. The Hall–Kier alpha value is -2.29. The highest BCUT2D eigenvalue weighted by atomic mass is 16.5. The van der Waals surface area contributed by atoms with Crippen LogP contribution in [0, 0.1) is 0 Å². The molecule has 0 saturated heterocycles. The molecule has 0 heterocycles. The number of ether oxygens (including phenoxy) is 2. The molecule has 0 aromatic heterocycles. The molecule has 1 aliphatic carbocycles. The molecule has 0 unspecified atom stereocenters. The molecule has 0 bridgehead atoms. The third-order valence-electron chi connectivity index (χ3n) is 4.02. The highest BCUT2D eigenvalue weighted by Crippen LogP contribution is 2.32. The largest absolute Gasteiger partial charge is 0.496 e. The molecule has 0 fully saturated rings. The number of carbonyl (C=O) groups excluding carboxylic acids is 1. The number of hydrogen-bond acceptors (Lipinski definition) is 3. The topological polar surface area (TPSA) is 35.5 Å². The fourth-order valence-corrected chi connectivity index (χ4v) is 2.93. The minimum Gasteiger partial charge on any atom is -0.496 e. The SMILES string of the molecule is COc1cccc(OC)c1C(=O)c1ccc2c(c1)CCC2. The first kappa shape index (κ1) is 13.7. The second kappa shape index (κ2) is 5.60. The Morgan fingerprint density at radius 3 is 2.29 bits per heavy atom. The smallest absolute Gasteiger partial charge is 0.200 e. The van der Waals surface area contributed by atoms with E-state index in [9.17, 15) is 4.79 Å². The average molecular weight is 282 g/mol. The summed E-state index contributed by atoms with van der Waals surface area (Å²) in [5.41, 5.74) is 3.83. The lowest BCUT2D eigenvalue weighted by Crippen LogP contribution is -2.07. The van der Waals surface area contributed by atoms with E-state index in [1.807, 2.05) is 18.2 Å². The summed E-state index contributed by atoms with van der Waals surface area (Å²) in [5, 5.41) is 0. The van der Waals surface area contributed by atoms with Crippen molar-refractivity contribution in [1.29, 1.82) is 0 Å². The molecule has 3 heteroatoms. The third kappa shape index (κ3) is 2.40. The second-order valence-electron chi connectivity index (χ2n) is 5.20. The summed E-state index contributed by atoms with van der Waals surface area (Å²) in [5.74, 6) is 1.03. The van der Waals surface area contributed by atoms with Crippen LogP contribution in [0.15, 0.2) is 36.4 Å². The van der Waals surface area contributed by atoms with Crippen LogP contribution in [0.25, 0.3) is 0 Å². The van der Waals surface area contributed by atoms with Crippen molar-refractivity contribution < 1.29 is 14.3 Å². The van der Waals surface area contributed by atoms with E-state index in [1.165, 1.54) is 17.5 Å². The number of hydrogen-bond donors (Lipinski definition) is 0. The van der Waals surface area contributed by atoms with E-state index in [-0.39, 0.29) is 5.78 Å². The van der Waals surface area contributed by atoms with E-state index in [2.05, 4.69) is 6.07 Å².